The van der Waals surface area contributed by atoms with Crippen molar-refractivity contribution in [2.75, 3.05) is 18.9 Å². The summed E-state index contributed by atoms with van der Waals surface area (Å²) in [6.45, 7) is 3.48. The molecule has 4 heterocycles. The van der Waals surface area contributed by atoms with E-state index in [1.54, 1.807) is 17.8 Å². The number of hydrogen-bond acceptors (Lipinski definition) is 6. The number of aromatic nitrogens is 3. The molecule has 0 amide bonds. The molecule has 0 radical (unpaired) electrons. The van der Waals surface area contributed by atoms with E-state index in [0.29, 0.717) is 22.6 Å². The molecule has 0 saturated carbocycles. The SMILES string of the molecule is CNc1nc(F)c(CN2CC(Oc3ccc4ccnn4c3)CC2C)s1. The van der Waals surface area contributed by atoms with Gasteiger partial charge in [-0.2, -0.15) is 14.5 Å². The predicted octanol–water partition coefficient (Wildman–Crippen LogP) is 3.01. The van der Waals surface area contributed by atoms with Crippen LogP contribution >= 0.6 is 11.3 Å². The Morgan fingerprint density at radius 2 is 2.28 bits per heavy atom. The normalized spacial score (nSPS) is 21.1. The minimum absolute atomic E-state index is 0.0859. The van der Waals surface area contributed by atoms with E-state index in [2.05, 4.69) is 27.2 Å². The number of nitrogens with one attached hydrogen (secondary N) is 1. The van der Waals surface area contributed by atoms with E-state index >= 15 is 0 Å². The van der Waals surface area contributed by atoms with Crippen LogP contribution in [0.5, 0.6) is 5.75 Å². The highest BCUT2D eigenvalue weighted by atomic mass is 32.1. The molecule has 3 aromatic rings. The maximum atomic E-state index is 13.9. The van der Waals surface area contributed by atoms with Crippen LogP contribution in [0.25, 0.3) is 5.52 Å². The number of ether oxygens (including phenoxy) is 1. The Kier molecular flexibility index (Phi) is 4.30. The van der Waals surface area contributed by atoms with Crippen molar-refractivity contribution < 1.29 is 9.13 Å². The highest BCUT2D eigenvalue weighted by Crippen LogP contribution is 2.28. The smallest absolute Gasteiger partial charge is 0.230 e. The fourth-order valence-corrected chi connectivity index (χ4v) is 4.05. The number of rotatable bonds is 5. The molecule has 1 aliphatic rings. The van der Waals surface area contributed by atoms with Crippen LogP contribution in [0.4, 0.5) is 9.52 Å². The average Bonchev–Trinajstić information content (AvgIpc) is 3.28. The van der Waals surface area contributed by atoms with Gasteiger partial charge in [0.2, 0.25) is 5.95 Å². The summed E-state index contributed by atoms with van der Waals surface area (Å²) in [4.78, 5) is 6.79. The maximum absolute atomic E-state index is 13.9. The minimum Gasteiger partial charge on any atom is -0.487 e. The summed E-state index contributed by atoms with van der Waals surface area (Å²) in [5.41, 5.74) is 1.04. The van der Waals surface area contributed by atoms with Crippen molar-refractivity contribution in [3.8, 4) is 5.75 Å². The van der Waals surface area contributed by atoms with Gasteiger partial charge in [0.25, 0.3) is 0 Å². The van der Waals surface area contributed by atoms with Gasteiger partial charge in [-0.25, -0.2) is 4.52 Å². The summed E-state index contributed by atoms with van der Waals surface area (Å²) in [6.07, 6.45) is 4.66. The van der Waals surface area contributed by atoms with Crippen LogP contribution in [0.3, 0.4) is 0 Å². The van der Waals surface area contributed by atoms with E-state index in [-0.39, 0.29) is 12.1 Å². The molecule has 0 spiro atoms. The Bertz CT molecular complexity index is 879. The zero-order valence-electron chi connectivity index (χ0n) is 14.1. The van der Waals surface area contributed by atoms with Gasteiger partial charge in [0.05, 0.1) is 16.6 Å². The van der Waals surface area contributed by atoms with Gasteiger partial charge in [-0.3, -0.25) is 4.90 Å². The number of fused-ring (bicyclic) bond motifs is 1. The van der Waals surface area contributed by atoms with Crippen LogP contribution in [0, 0.1) is 5.95 Å². The standard InChI is InChI=1S/C17H20FN5OS/c1-11-7-14(24-13-4-3-12-5-6-20-23(12)9-13)8-22(11)10-15-16(18)21-17(19-2)25-15/h3-6,9,11,14H,7-8,10H2,1-2H3,(H,19,21). The van der Waals surface area contributed by atoms with Gasteiger partial charge in [0.1, 0.15) is 11.9 Å². The molecule has 2 unspecified atom stereocenters. The maximum Gasteiger partial charge on any atom is 0.230 e. The molecule has 25 heavy (non-hydrogen) atoms. The second kappa shape index (κ2) is 6.61. The third kappa shape index (κ3) is 3.32. The van der Waals surface area contributed by atoms with Gasteiger partial charge in [-0.05, 0) is 25.1 Å². The van der Waals surface area contributed by atoms with Crippen molar-refractivity contribution >= 4 is 22.0 Å². The van der Waals surface area contributed by atoms with Crippen molar-refractivity contribution in [3.63, 3.8) is 0 Å². The fourth-order valence-electron chi connectivity index (χ4n) is 3.23. The first kappa shape index (κ1) is 16.3. The Morgan fingerprint density at radius 1 is 1.40 bits per heavy atom. The summed E-state index contributed by atoms with van der Waals surface area (Å²) in [6, 6.07) is 6.24. The molecule has 2 atom stereocenters. The lowest BCUT2D eigenvalue weighted by Gasteiger charge is -2.19. The molecular formula is C17H20FN5OS. The van der Waals surface area contributed by atoms with Gasteiger partial charge in [0, 0.05) is 38.8 Å². The van der Waals surface area contributed by atoms with Crippen molar-refractivity contribution in [1.29, 1.82) is 0 Å². The predicted molar refractivity (Wildman–Crippen MR) is 95.7 cm³/mol. The topological polar surface area (TPSA) is 54.7 Å². The van der Waals surface area contributed by atoms with Gasteiger partial charge in [0.15, 0.2) is 5.13 Å². The van der Waals surface area contributed by atoms with Gasteiger partial charge >= 0.3 is 0 Å². The largest absolute Gasteiger partial charge is 0.487 e. The molecule has 132 valence electrons. The zero-order valence-corrected chi connectivity index (χ0v) is 15.0. The number of halogens is 1. The number of thiazole rings is 1. The minimum atomic E-state index is -0.380. The number of nitrogens with zero attached hydrogens (tertiary/aromatic N) is 4. The van der Waals surface area contributed by atoms with Crippen LogP contribution in [0.1, 0.15) is 18.2 Å². The molecule has 1 saturated heterocycles. The Hall–Kier alpha value is -2.19. The van der Waals surface area contributed by atoms with E-state index in [0.717, 1.165) is 24.2 Å². The Morgan fingerprint density at radius 3 is 3.08 bits per heavy atom. The second-order valence-corrected chi connectivity index (χ2v) is 7.39. The molecule has 1 N–H and O–H groups in total. The number of pyridine rings is 1. The Balaban J connectivity index is 1.42. The van der Waals surface area contributed by atoms with Crippen LogP contribution in [0.15, 0.2) is 30.6 Å². The molecule has 1 aliphatic heterocycles. The zero-order chi connectivity index (χ0) is 17.4. The molecule has 4 rings (SSSR count). The van der Waals surface area contributed by atoms with Crippen molar-refractivity contribution in [3.05, 3.63) is 41.4 Å². The van der Waals surface area contributed by atoms with E-state index in [4.69, 9.17) is 4.74 Å². The lowest BCUT2D eigenvalue weighted by atomic mass is 10.2. The highest BCUT2D eigenvalue weighted by Gasteiger charge is 2.31. The molecule has 0 aliphatic carbocycles. The number of hydrogen-bond donors (Lipinski definition) is 1. The lowest BCUT2D eigenvalue weighted by molar-refractivity contribution is 0.193. The molecule has 3 aromatic heterocycles. The highest BCUT2D eigenvalue weighted by molar-refractivity contribution is 7.15. The summed E-state index contributed by atoms with van der Waals surface area (Å²) < 4.78 is 21.9. The second-order valence-electron chi connectivity index (χ2n) is 6.30. The van der Waals surface area contributed by atoms with Crippen LogP contribution in [-0.2, 0) is 6.54 Å². The monoisotopic (exact) mass is 361 g/mol. The molecular weight excluding hydrogens is 341 g/mol. The first-order valence-corrected chi connectivity index (χ1v) is 9.11. The quantitative estimate of drug-likeness (QED) is 0.757. The van der Waals surface area contributed by atoms with Crippen LogP contribution in [0.2, 0.25) is 0 Å². The van der Waals surface area contributed by atoms with Crippen LogP contribution < -0.4 is 10.1 Å². The molecule has 6 nitrogen and oxygen atoms in total. The van der Waals surface area contributed by atoms with Gasteiger partial charge < -0.3 is 10.1 Å². The Labute approximate surface area is 149 Å². The summed E-state index contributed by atoms with van der Waals surface area (Å²) in [5, 5.41) is 7.74. The summed E-state index contributed by atoms with van der Waals surface area (Å²) >= 11 is 1.36. The van der Waals surface area contributed by atoms with Crippen molar-refractivity contribution in [2.24, 2.45) is 0 Å². The number of likely N-dealkylation sites (tertiary alicyclic amines) is 1. The van der Waals surface area contributed by atoms with E-state index < -0.39 is 0 Å². The molecule has 8 heteroatoms. The van der Waals surface area contributed by atoms with Gasteiger partial charge in [-0.1, -0.05) is 11.3 Å². The van der Waals surface area contributed by atoms with Crippen LogP contribution in [-0.4, -0.2) is 45.2 Å². The lowest BCUT2D eigenvalue weighted by Crippen LogP contribution is -2.28. The average molecular weight is 361 g/mol. The van der Waals surface area contributed by atoms with Crippen molar-refractivity contribution in [1.82, 2.24) is 19.5 Å². The van der Waals surface area contributed by atoms with Crippen molar-refractivity contribution in [2.45, 2.75) is 32.0 Å². The van der Waals surface area contributed by atoms with Gasteiger partial charge in [-0.15, -0.1) is 0 Å². The summed E-state index contributed by atoms with van der Waals surface area (Å²) in [5.74, 6) is 0.423. The van der Waals surface area contributed by atoms with E-state index in [9.17, 15) is 4.39 Å². The molecule has 0 bridgehead atoms. The summed E-state index contributed by atoms with van der Waals surface area (Å²) in [7, 11) is 1.75. The van der Waals surface area contributed by atoms with E-state index in [1.807, 2.05) is 24.4 Å². The first-order valence-electron chi connectivity index (χ1n) is 8.29. The molecule has 1 fully saturated rings. The third-order valence-electron chi connectivity index (χ3n) is 4.55. The number of anilines is 1. The third-order valence-corrected chi connectivity index (χ3v) is 5.58. The first-order chi connectivity index (χ1) is 12.1. The fraction of sp³-hybridized carbons (Fsp3) is 0.412. The van der Waals surface area contributed by atoms with E-state index in [1.165, 1.54) is 11.3 Å². The molecule has 0 aromatic carbocycles.